The molecule has 132 valence electrons. The van der Waals surface area contributed by atoms with Gasteiger partial charge in [-0.25, -0.2) is 0 Å². The second kappa shape index (κ2) is 6.89. The van der Waals surface area contributed by atoms with E-state index in [-0.39, 0.29) is 36.1 Å². The molecule has 1 aromatic carbocycles. The van der Waals surface area contributed by atoms with Crippen LogP contribution in [0.5, 0.6) is 0 Å². The minimum Gasteiger partial charge on any atom is -0.466 e. The number of esters is 1. The summed E-state index contributed by atoms with van der Waals surface area (Å²) in [5.74, 6) is -0.250. The summed E-state index contributed by atoms with van der Waals surface area (Å²) in [5.41, 5.74) is 1.20. The monoisotopic (exact) mass is 332 g/mol. The van der Waals surface area contributed by atoms with E-state index in [1.54, 1.807) is 0 Å². The normalized spacial score (nSPS) is 20.2. The summed E-state index contributed by atoms with van der Waals surface area (Å²) in [6.45, 7) is 14.4. The summed E-state index contributed by atoms with van der Waals surface area (Å²) in [6, 6.07) is 7.90. The van der Waals surface area contributed by atoms with Crippen LogP contribution in [0.3, 0.4) is 0 Å². The Morgan fingerprint density at radius 1 is 1.08 bits per heavy atom. The molecule has 0 radical (unpaired) electrons. The van der Waals surface area contributed by atoms with Gasteiger partial charge in [-0.2, -0.15) is 0 Å². The lowest BCUT2D eigenvalue weighted by Crippen LogP contribution is -2.41. The molecule has 1 aliphatic rings. The van der Waals surface area contributed by atoms with Crippen LogP contribution in [0.25, 0.3) is 0 Å². The molecule has 0 bridgehead atoms. The molecule has 0 aromatic heterocycles. The van der Waals surface area contributed by atoms with Crippen molar-refractivity contribution in [3.63, 3.8) is 0 Å². The van der Waals surface area contributed by atoms with E-state index in [2.05, 4.69) is 0 Å². The minimum absolute atomic E-state index is 0.170. The molecule has 0 aliphatic carbocycles. The van der Waals surface area contributed by atoms with Gasteiger partial charge >= 0.3 is 13.1 Å². The highest BCUT2D eigenvalue weighted by atomic mass is 16.7. The number of carbonyl (C=O) groups excluding carboxylic acids is 1. The Morgan fingerprint density at radius 3 is 2.00 bits per heavy atom. The Hall–Kier alpha value is -1.33. The fraction of sp³-hybridized carbons (Fsp3) is 0.632. The standard InChI is InChI=1S/C19H29BO4/c1-8-22-17(21)16(13(2)3)14-9-11-15(12-10-14)20-23-18(4,5)19(6,7)24-20/h9-13,16H,8H2,1-7H3/t16-/m1/s1. The number of benzene rings is 1. The van der Waals surface area contributed by atoms with Crippen molar-refractivity contribution in [1.29, 1.82) is 0 Å². The second-order valence-corrected chi connectivity index (χ2v) is 7.73. The smallest absolute Gasteiger partial charge is 0.466 e. The highest BCUT2D eigenvalue weighted by Gasteiger charge is 2.51. The molecule has 0 amide bonds. The molecule has 1 aliphatic heterocycles. The zero-order valence-electron chi connectivity index (χ0n) is 15.9. The van der Waals surface area contributed by atoms with Gasteiger partial charge in [-0.15, -0.1) is 0 Å². The van der Waals surface area contributed by atoms with E-state index >= 15 is 0 Å². The van der Waals surface area contributed by atoms with E-state index in [1.807, 2.05) is 72.7 Å². The van der Waals surface area contributed by atoms with E-state index < -0.39 is 0 Å². The first-order chi connectivity index (χ1) is 11.1. The molecule has 1 atom stereocenters. The average Bonchev–Trinajstić information content (AvgIpc) is 2.68. The molecule has 4 nitrogen and oxygen atoms in total. The third-order valence-corrected chi connectivity index (χ3v) is 5.03. The highest BCUT2D eigenvalue weighted by molar-refractivity contribution is 6.62. The topological polar surface area (TPSA) is 44.8 Å². The van der Waals surface area contributed by atoms with Crippen LogP contribution in [0.4, 0.5) is 0 Å². The van der Waals surface area contributed by atoms with Crippen LogP contribution >= 0.6 is 0 Å². The van der Waals surface area contributed by atoms with Crippen molar-refractivity contribution in [2.45, 2.75) is 65.6 Å². The van der Waals surface area contributed by atoms with Crippen LogP contribution in [0.2, 0.25) is 0 Å². The van der Waals surface area contributed by atoms with Gasteiger partial charge in [0.25, 0.3) is 0 Å². The molecule has 0 unspecified atom stereocenters. The molecule has 0 saturated carbocycles. The summed E-state index contributed by atoms with van der Waals surface area (Å²) in [7, 11) is -0.385. The summed E-state index contributed by atoms with van der Waals surface area (Å²) in [4.78, 5) is 12.2. The summed E-state index contributed by atoms with van der Waals surface area (Å²) < 4.78 is 17.4. The van der Waals surface area contributed by atoms with Gasteiger partial charge in [0.2, 0.25) is 0 Å². The minimum atomic E-state index is -0.385. The second-order valence-electron chi connectivity index (χ2n) is 7.73. The maximum absolute atomic E-state index is 12.2. The number of rotatable bonds is 5. The van der Waals surface area contributed by atoms with Gasteiger partial charge < -0.3 is 14.0 Å². The lowest BCUT2D eigenvalue weighted by Gasteiger charge is -2.32. The number of hydrogen-bond acceptors (Lipinski definition) is 4. The molecule has 0 N–H and O–H groups in total. The fourth-order valence-corrected chi connectivity index (χ4v) is 2.86. The van der Waals surface area contributed by atoms with Crippen molar-refractivity contribution >= 4 is 18.6 Å². The Kier molecular flexibility index (Phi) is 5.45. The molecule has 1 saturated heterocycles. The zero-order chi connectivity index (χ0) is 18.1. The van der Waals surface area contributed by atoms with Gasteiger partial charge in [-0.05, 0) is 51.6 Å². The van der Waals surface area contributed by atoms with Crippen molar-refractivity contribution in [2.24, 2.45) is 5.92 Å². The lowest BCUT2D eigenvalue weighted by molar-refractivity contribution is -0.146. The maximum atomic E-state index is 12.2. The summed E-state index contributed by atoms with van der Waals surface area (Å²) in [6.07, 6.45) is 0. The van der Waals surface area contributed by atoms with E-state index in [0.717, 1.165) is 11.0 Å². The Bertz CT molecular complexity index is 562. The van der Waals surface area contributed by atoms with Crippen molar-refractivity contribution in [3.8, 4) is 0 Å². The largest absolute Gasteiger partial charge is 0.494 e. The lowest BCUT2D eigenvalue weighted by atomic mass is 9.77. The van der Waals surface area contributed by atoms with Crippen molar-refractivity contribution in [3.05, 3.63) is 29.8 Å². The molecule has 1 aromatic rings. The van der Waals surface area contributed by atoms with E-state index in [9.17, 15) is 4.79 Å². The first kappa shape index (κ1) is 19.0. The molecule has 5 heteroatoms. The average molecular weight is 332 g/mol. The van der Waals surface area contributed by atoms with Gasteiger partial charge in [0.15, 0.2) is 0 Å². The highest BCUT2D eigenvalue weighted by Crippen LogP contribution is 2.36. The first-order valence-corrected chi connectivity index (χ1v) is 8.71. The van der Waals surface area contributed by atoms with E-state index in [4.69, 9.17) is 14.0 Å². The molecule has 2 rings (SSSR count). The number of hydrogen-bond donors (Lipinski definition) is 0. The predicted octanol–water partition coefficient (Wildman–Crippen LogP) is 3.29. The van der Waals surface area contributed by atoms with Gasteiger partial charge in [0.05, 0.1) is 23.7 Å². The van der Waals surface area contributed by atoms with Gasteiger partial charge in [0.1, 0.15) is 0 Å². The van der Waals surface area contributed by atoms with Gasteiger partial charge in [-0.1, -0.05) is 38.1 Å². The molecular formula is C19H29BO4. The quantitative estimate of drug-likeness (QED) is 0.613. The first-order valence-electron chi connectivity index (χ1n) is 8.71. The van der Waals surface area contributed by atoms with Crippen LogP contribution in [0.15, 0.2) is 24.3 Å². The van der Waals surface area contributed by atoms with Crippen LogP contribution < -0.4 is 5.46 Å². The van der Waals surface area contributed by atoms with Crippen LogP contribution in [0, 0.1) is 5.92 Å². The third-order valence-electron chi connectivity index (χ3n) is 5.03. The van der Waals surface area contributed by atoms with Crippen molar-refractivity contribution in [2.75, 3.05) is 6.61 Å². The molecule has 1 fully saturated rings. The third kappa shape index (κ3) is 3.67. The van der Waals surface area contributed by atoms with E-state index in [0.29, 0.717) is 6.61 Å². The van der Waals surface area contributed by atoms with Gasteiger partial charge in [0, 0.05) is 0 Å². The van der Waals surface area contributed by atoms with Crippen LogP contribution in [-0.4, -0.2) is 30.9 Å². The van der Waals surface area contributed by atoms with Gasteiger partial charge in [-0.3, -0.25) is 4.79 Å². The van der Waals surface area contributed by atoms with Crippen molar-refractivity contribution in [1.82, 2.24) is 0 Å². The maximum Gasteiger partial charge on any atom is 0.494 e. The van der Waals surface area contributed by atoms with Crippen molar-refractivity contribution < 1.29 is 18.8 Å². The molecular weight excluding hydrogens is 303 g/mol. The van der Waals surface area contributed by atoms with Crippen LogP contribution in [-0.2, 0) is 18.8 Å². The Morgan fingerprint density at radius 2 is 1.58 bits per heavy atom. The fourth-order valence-electron chi connectivity index (χ4n) is 2.86. The van der Waals surface area contributed by atoms with Crippen LogP contribution in [0.1, 0.15) is 59.9 Å². The SMILES string of the molecule is CCOC(=O)[C@@H](c1ccc(B2OC(C)(C)C(C)(C)O2)cc1)C(C)C. The predicted molar refractivity (Wildman–Crippen MR) is 96.4 cm³/mol. The Labute approximate surface area is 146 Å². The Balaban J connectivity index is 2.20. The summed E-state index contributed by atoms with van der Waals surface area (Å²) >= 11 is 0. The molecule has 1 heterocycles. The molecule has 0 spiro atoms. The number of carbonyl (C=O) groups is 1. The number of ether oxygens (including phenoxy) is 1. The molecule has 24 heavy (non-hydrogen) atoms. The zero-order valence-corrected chi connectivity index (χ0v) is 15.9. The summed E-state index contributed by atoms with van der Waals surface area (Å²) in [5, 5.41) is 0. The van der Waals surface area contributed by atoms with E-state index in [1.165, 1.54) is 0 Å².